The highest BCUT2D eigenvalue weighted by Crippen LogP contribution is 2.44. The molecule has 0 unspecified atom stereocenters. The summed E-state index contributed by atoms with van der Waals surface area (Å²) in [6.45, 7) is 3.67. The molecule has 1 aromatic heterocycles. The maximum atomic E-state index is 13.2. The van der Waals surface area contributed by atoms with E-state index >= 15 is 0 Å². The summed E-state index contributed by atoms with van der Waals surface area (Å²) in [5, 5.41) is 17.7. The van der Waals surface area contributed by atoms with E-state index in [1.807, 2.05) is 30.3 Å². The lowest BCUT2D eigenvalue weighted by molar-refractivity contribution is 0.0677. The Bertz CT molecular complexity index is 1050. The smallest absolute Gasteiger partial charge is 0.273 e. The topological polar surface area (TPSA) is 87.7 Å². The number of unbranched alkanes of at least 4 members (excludes halogenated alkanes) is 1. The maximum Gasteiger partial charge on any atom is 0.273 e. The van der Waals surface area contributed by atoms with E-state index in [1.54, 1.807) is 30.2 Å². The maximum absolute atomic E-state index is 13.2. The minimum atomic E-state index is -0.337. The number of carbonyl (C=O) groups is 1. The summed E-state index contributed by atoms with van der Waals surface area (Å²) in [6.07, 6.45) is 2.08. The second-order valence-electron chi connectivity index (χ2n) is 7.54. The first-order valence-electron chi connectivity index (χ1n) is 10.5. The van der Waals surface area contributed by atoms with Crippen molar-refractivity contribution >= 4 is 5.91 Å². The number of hydrogen-bond donors (Lipinski definition) is 2. The average molecular weight is 421 g/mol. The van der Waals surface area contributed by atoms with E-state index < -0.39 is 0 Å². The standard InChI is InChI=1S/C24H27N3O4/c1-3-4-14-31-17-11-9-16(10-12-17)23-20-21(18-7-5-6-8-19(18)28)25-26-22(20)24(29)27(23)13-15-30-2/h5-12,23,28H,3-4,13-15H2,1-2H3,(H,25,26)/t23-/m0/s1. The summed E-state index contributed by atoms with van der Waals surface area (Å²) < 4.78 is 11.0. The average Bonchev–Trinajstić information content (AvgIpc) is 3.32. The highest BCUT2D eigenvalue weighted by molar-refractivity contribution is 6.00. The molecule has 0 bridgehead atoms. The Balaban J connectivity index is 1.74. The number of para-hydroxylation sites is 1. The molecule has 0 saturated carbocycles. The molecule has 1 atom stereocenters. The third-order valence-corrected chi connectivity index (χ3v) is 5.52. The lowest BCUT2D eigenvalue weighted by Gasteiger charge is -2.26. The quantitative estimate of drug-likeness (QED) is 0.507. The van der Waals surface area contributed by atoms with Crippen molar-refractivity contribution in [1.82, 2.24) is 15.1 Å². The number of aromatic nitrogens is 2. The minimum absolute atomic E-state index is 0.123. The molecule has 1 aliphatic rings. The highest BCUT2D eigenvalue weighted by Gasteiger charge is 2.42. The fourth-order valence-electron chi connectivity index (χ4n) is 3.92. The zero-order valence-electron chi connectivity index (χ0n) is 17.8. The van der Waals surface area contributed by atoms with Crippen molar-refractivity contribution in [2.45, 2.75) is 25.8 Å². The van der Waals surface area contributed by atoms with Gasteiger partial charge in [-0.25, -0.2) is 0 Å². The van der Waals surface area contributed by atoms with Gasteiger partial charge in [0.2, 0.25) is 0 Å². The molecule has 0 aliphatic carbocycles. The number of phenolic OH excluding ortho intramolecular Hbond substituents is 1. The molecule has 7 heteroatoms. The second-order valence-corrected chi connectivity index (χ2v) is 7.54. The molecule has 0 fully saturated rings. The van der Waals surface area contributed by atoms with Crippen molar-refractivity contribution in [2.24, 2.45) is 0 Å². The zero-order chi connectivity index (χ0) is 21.8. The number of nitrogens with zero attached hydrogens (tertiary/aromatic N) is 2. The van der Waals surface area contributed by atoms with Crippen molar-refractivity contribution in [3.63, 3.8) is 0 Å². The molecule has 7 nitrogen and oxygen atoms in total. The van der Waals surface area contributed by atoms with Gasteiger partial charge in [0.1, 0.15) is 22.9 Å². The van der Waals surface area contributed by atoms with Crippen molar-refractivity contribution in [3.05, 3.63) is 65.4 Å². The molecule has 31 heavy (non-hydrogen) atoms. The van der Waals surface area contributed by atoms with Gasteiger partial charge in [0, 0.05) is 24.8 Å². The first-order valence-corrected chi connectivity index (χ1v) is 10.5. The third-order valence-electron chi connectivity index (χ3n) is 5.52. The minimum Gasteiger partial charge on any atom is -0.507 e. The summed E-state index contributed by atoms with van der Waals surface area (Å²) >= 11 is 0. The SMILES string of the molecule is CCCCOc1ccc([C@H]2c3c(-c4ccccc4O)n[nH]c3C(=O)N2CCOC)cc1. The van der Waals surface area contributed by atoms with Gasteiger partial charge in [-0.2, -0.15) is 5.10 Å². The van der Waals surface area contributed by atoms with E-state index in [0.717, 1.165) is 29.7 Å². The van der Waals surface area contributed by atoms with Crippen LogP contribution in [-0.2, 0) is 4.74 Å². The number of rotatable bonds is 9. The van der Waals surface area contributed by atoms with Crippen LogP contribution in [0.3, 0.4) is 0 Å². The number of ether oxygens (including phenoxy) is 2. The number of nitrogens with one attached hydrogen (secondary N) is 1. The molecule has 0 spiro atoms. The molecule has 0 radical (unpaired) electrons. The molecule has 162 valence electrons. The van der Waals surface area contributed by atoms with E-state index in [0.29, 0.717) is 36.7 Å². The van der Waals surface area contributed by atoms with Crippen LogP contribution in [0.2, 0.25) is 0 Å². The number of carbonyl (C=O) groups excluding carboxylic acids is 1. The normalized spacial score (nSPS) is 15.4. The lowest BCUT2D eigenvalue weighted by Crippen LogP contribution is -2.32. The van der Waals surface area contributed by atoms with Gasteiger partial charge in [0.25, 0.3) is 5.91 Å². The number of amides is 1. The van der Waals surface area contributed by atoms with Gasteiger partial charge in [0.15, 0.2) is 0 Å². The van der Waals surface area contributed by atoms with E-state index in [2.05, 4.69) is 17.1 Å². The number of benzene rings is 2. The fourth-order valence-corrected chi connectivity index (χ4v) is 3.92. The Kier molecular flexibility index (Phi) is 6.23. The highest BCUT2D eigenvalue weighted by atomic mass is 16.5. The van der Waals surface area contributed by atoms with Gasteiger partial charge in [-0.05, 0) is 36.2 Å². The van der Waals surface area contributed by atoms with Crippen LogP contribution >= 0.6 is 0 Å². The van der Waals surface area contributed by atoms with E-state index in [-0.39, 0.29) is 17.7 Å². The first-order chi connectivity index (χ1) is 15.2. The Morgan fingerprint density at radius 2 is 1.90 bits per heavy atom. The van der Waals surface area contributed by atoms with Gasteiger partial charge >= 0.3 is 0 Å². The molecular weight excluding hydrogens is 394 g/mol. The van der Waals surface area contributed by atoms with Gasteiger partial charge in [-0.15, -0.1) is 0 Å². The molecule has 1 aliphatic heterocycles. The Hall–Kier alpha value is -3.32. The molecule has 1 amide bonds. The molecule has 2 N–H and O–H groups in total. The van der Waals surface area contributed by atoms with Crippen LogP contribution in [-0.4, -0.2) is 53.0 Å². The summed E-state index contributed by atoms with van der Waals surface area (Å²) in [6, 6.07) is 14.5. The number of H-pyrrole nitrogens is 1. The molecule has 3 aromatic rings. The Labute approximate surface area is 181 Å². The molecule has 0 saturated heterocycles. The molecule has 4 rings (SSSR count). The van der Waals surface area contributed by atoms with E-state index in [1.165, 1.54) is 0 Å². The fraction of sp³-hybridized carbons (Fsp3) is 0.333. The van der Waals surface area contributed by atoms with Crippen LogP contribution < -0.4 is 4.74 Å². The van der Waals surface area contributed by atoms with Crippen LogP contribution in [0.15, 0.2) is 48.5 Å². The Morgan fingerprint density at radius 1 is 1.13 bits per heavy atom. The van der Waals surface area contributed by atoms with E-state index in [9.17, 15) is 9.90 Å². The van der Waals surface area contributed by atoms with Gasteiger partial charge < -0.3 is 19.5 Å². The summed E-state index contributed by atoms with van der Waals surface area (Å²) in [7, 11) is 1.62. The van der Waals surface area contributed by atoms with Gasteiger partial charge in [-0.3, -0.25) is 9.89 Å². The molecule has 2 heterocycles. The number of aromatic hydroxyl groups is 1. The summed E-state index contributed by atoms with van der Waals surface area (Å²) in [4.78, 5) is 14.9. The zero-order valence-corrected chi connectivity index (χ0v) is 17.8. The van der Waals surface area contributed by atoms with Gasteiger partial charge in [-0.1, -0.05) is 37.6 Å². The monoisotopic (exact) mass is 421 g/mol. The lowest BCUT2D eigenvalue weighted by atomic mass is 9.95. The number of aromatic amines is 1. The number of fused-ring (bicyclic) bond motifs is 1. The number of methoxy groups -OCH3 is 1. The third kappa shape index (κ3) is 4.01. The van der Waals surface area contributed by atoms with Gasteiger partial charge in [0.05, 0.1) is 19.3 Å². The second kappa shape index (κ2) is 9.22. The number of phenols is 1. The van der Waals surface area contributed by atoms with Crippen LogP contribution in [0.4, 0.5) is 0 Å². The largest absolute Gasteiger partial charge is 0.507 e. The van der Waals surface area contributed by atoms with Crippen LogP contribution in [0, 0.1) is 0 Å². The predicted molar refractivity (Wildman–Crippen MR) is 117 cm³/mol. The first kappa shape index (κ1) is 20.9. The predicted octanol–water partition coefficient (Wildman–Crippen LogP) is 4.15. The van der Waals surface area contributed by atoms with Crippen LogP contribution in [0.1, 0.15) is 47.4 Å². The van der Waals surface area contributed by atoms with Crippen molar-refractivity contribution < 1.29 is 19.4 Å². The summed E-state index contributed by atoms with van der Waals surface area (Å²) in [5.74, 6) is 0.797. The molecule has 2 aromatic carbocycles. The van der Waals surface area contributed by atoms with Crippen molar-refractivity contribution in [1.29, 1.82) is 0 Å². The molecular formula is C24H27N3O4. The summed E-state index contributed by atoms with van der Waals surface area (Å²) in [5.41, 5.74) is 3.33. The van der Waals surface area contributed by atoms with E-state index in [4.69, 9.17) is 9.47 Å². The van der Waals surface area contributed by atoms with Crippen molar-refractivity contribution in [3.8, 4) is 22.8 Å². The van der Waals surface area contributed by atoms with Crippen molar-refractivity contribution in [2.75, 3.05) is 26.9 Å². The number of hydrogen-bond acceptors (Lipinski definition) is 5. The van der Waals surface area contributed by atoms with Crippen LogP contribution in [0.25, 0.3) is 11.3 Å². The Morgan fingerprint density at radius 3 is 2.61 bits per heavy atom. The van der Waals surface area contributed by atoms with Crippen LogP contribution in [0.5, 0.6) is 11.5 Å².